The molecular formula is C16H34N4O. The van der Waals surface area contributed by atoms with Crippen molar-refractivity contribution >= 4 is 5.91 Å². The Balaban J connectivity index is 2.42. The van der Waals surface area contributed by atoms with Crippen molar-refractivity contribution in [3.05, 3.63) is 0 Å². The summed E-state index contributed by atoms with van der Waals surface area (Å²) in [7, 11) is 1.68. The summed E-state index contributed by atoms with van der Waals surface area (Å²) in [6, 6.07) is 0.575. The van der Waals surface area contributed by atoms with Crippen LogP contribution in [0.4, 0.5) is 0 Å². The maximum Gasteiger partial charge on any atom is 0.221 e. The maximum absolute atomic E-state index is 11.2. The lowest BCUT2D eigenvalue weighted by Crippen LogP contribution is -2.39. The molecule has 2 unspecified atom stereocenters. The summed E-state index contributed by atoms with van der Waals surface area (Å²) in [6.07, 6.45) is 2.85. The van der Waals surface area contributed by atoms with Gasteiger partial charge >= 0.3 is 0 Å². The van der Waals surface area contributed by atoms with E-state index in [4.69, 9.17) is 5.73 Å². The first-order chi connectivity index (χ1) is 9.88. The standard InChI is InChI=1S/C16H34N4O/c1-16(2,3)13-10-14(20(12-13)9-5-7-17)11-19-8-6-15(21)18-4/h13-14,19H,5-12,17H2,1-4H3,(H,18,21). The van der Waals surface area contributed by atoms with Crippen LogP contribution < -0.4 is 16.4 Å². The molecule has 124 valence electrons. The molecule has 0 saturated carbocycles. The van der Waals surface area contributed by atoms with Crippen LogP contribution in [0.2, 0.25) is 0 Å². The number of nitrogens with one attached hydrogen (secondary N) is 2. The lowest BCUT2D eigenvalue weighted by molar-refractivity contribution is -0.120. The van der Waals surface area contributed by atoms with E-state index >= 15 is 0 Å². The SMILES string of the molecule is CNC(=O)CCNCC1CC(C(C)(C)C)CN1CCCN. The topological polar surface area (TPSA) is 70.4 Å². The van der Waals surface area contributed by atoms with Gasteiger partial charge in [-0.2, -0.15) is 0 Å². The lowest BCUT2D eigenvalue weighted by atomic mass is 9.79. The van der Waals surface area contributed by atoms with E-state index in [-0.39, 0.29) is 5.91 Å². The quantitative estimate of drug-likeness (QED) is 0.580. The van der Waals surface area contributed by atoms with Crippen molar-refractivity contribution in [2.24, 2.45) is 17.1 Å². The van der Waals surface area contributed by atoms with Crippen molar-refractivity contribution in [1.29, 1.82) is 0 Å². The second-order valence-electron chi connectivity index (χ2n) is 7.22. The van der Waals surface area contributed by atoms with E-state index in [1.165, 1.54) is 13.0 Å². The number of nitrogens with zero attached hydrogens (tertiary/aromatic N) is 1. The number of amides is 1. The predicted molar refractivity (Wildman–Crippen MR) is 88.1 cm³/mol. The first-order valence-electron chi connectivity index (χ1n) is 8.24. The van der Waals surface area contributed by atoms with Crippen LogP contribution >= 0.6 is 0 Å². The normalized spacial score (nSPS) is 23.5. The highest BCUT2D eigenvalue weighted by Gasteiger charge is 2.37. The van der Waals surface area contributed by atoms with Crippen molar-refractivity contribution in [3.8, 4) is 0 Å². The molecule has 1 saturated heterocycles. The van der Waals surface area contributed by atoms with Crippen molar-refractivity contribution < 1.29 is 4.79 Å². The Morgan fingerprint density at radius 3 is 2.67 bits per heavy atom. The zero-order valence-corrected chi connectivity index (χ0v) is 14.2. The summed E-state index contributed by atoms with van der Waals surface area (Å²) in [5.74, 6) is 0.836. The Morgan fingerprint density at radius 2 is 2.10 bits per heavy atom. The van der Waals surface area contributed by atoms with Gasteiger partial charge < -0.3 is 16.4 Å². The highest BCUT2D eigenvalue weighted by Crippen LogP contribution is 2.36. The van der Waals surface area contributed by atoms with Gasteiger partial charge in [-0.25, -0.2) is 0 Å². The molecule has 5 nitrogen and oxygen atoms in total. The summed E-state index contributed by atoms with van der Waals surface area (Å²) in [5.41, 5.74) is 6.01. The lowest BCUT2D eigenvalue weighted by Gasteiger charge is -2.27. The molecular weight excluding hydrogens is 264 g/mol. The molecule has 0 spiro atoms. The largest absolute Gasteiger partial charge is 0.359 e. The molecule has 2 atom stereocenters. The highest BCUT2D eigenvalue weighted by molar-refractivity contribution is 5.75. The van der Waals surface area contributed by atoms with Gasteiger partial charge in [-0.1, -0.05) is 20.8 Å². The number of carbonyl (C=O) groups excluding carboxylic acids is 1. The molecule has 1 aliphatic rings. The molecule has 1 heterocycles. The Labute approximate surface area is 130 Å². The van der Waals surface area contributed by atoms with E-state index in [1.807, 2.05) is 0 Å². The number of rotatable bonds is 8. The summed E-state index contributed by atoms with van der Waals surface area (Å²) >= 11 is 0. The van der Waals surface area contributed by atoms with E-state index < -0.39 is 0 Å². The zero-order chi connectivity index (χ0) is 15.9. The van der Waals surface area contributed by atoms with Crippen molar-refractivity contribution in [2.45, 2.75) is 46.1 Å². The van der Waals surface area contributed by atoms with Gasteiger partial charge in [-0.3, -0.25) is 9.69 Å². The Morgan fingerprint density at radius 1 is 1.38 bits per heavy atom. The van der Waals surface area contributed by atoms with Crippen LogP contribution in [0, 0.1) is 11.3 Å². The van der Waals surface area contributed by atoms with Crippen molar-refractivity contribution in [3.63, 3.8) is 0 Å². The van der Waals surface area contributed by atoms with E-state index in [2.05, 4.69) is 36.3 Å². The third-order valence-electron chi connectivity index (χ3n) is 4.59. The van der Waals surface area contributed by atoms with Crippen LogP contribution in [-0.2, 0) is 4.79 Å². The molecule has 0 aliphatic carbocycles. The monoisotopic (exact) mass is 298 g/mol. The smallest absolute Gasteiger partial charge is 0.221 e. The molecule has 0 aromatic carbocycles. The van der Waals surface area contributed by atoms with Gasteiger partial charge in [0, 0.05) is 39.1 Å². The van der Waals surface area contributed by atoms with E-state index in [0.29, 0.717) is 17.9 Å². The summed E-state index contributed by atoms with van der Waals surface area (Å²) in [4.78, 5) is 13.8. The van der Waals surface area contributed by atoms with Crippen LogP contribution in [0.15, 0.2) is 0 Å². The first-order valence-corrected chi connectivity index (χ1v) is 8.24. The molecule has 0 aromatic heterocycles. The molecule has 1 amide bonds. The number of hydrogen-bond acceptors (Lipinski definition) is 4. The predicted octanol–water partition coefficient (Wildman–Crippen LogP) is 0.798. The third kappa shape index (κ3) is 6.32. The fourth-order valence-corrected chi connectivity index (χ4v) is 2.99. The average Bonchev–Trinajstić information content (AvgIpc) is 2.84. The molecule has 4 N–H and O–H groups in total. The fourth-order valence-electron chi connectivity index (χ4n) is 2.99. The Hall–Kier alpha value is -0.650. The zero-order valence-electron chi connectivity index (χ0n) is 14.2. The van der Waals surface area contributed by atoms with Gasteiger partial charge in [-0.05, 0) is 37.3 Å². The summed E-state index contributed by atoms with van der Waals surface area (Å²) < 4.78 is 0. The molecule has 1 fully saturated rings. The van der Waals surface area contributed by atoms with Crippen molar-refractivity contribution in [2.75, 3.05) is 39.8 Å². The minimum Gasteiger partial charge on any atom is -0.359 e. The van der Waals surface area contributed by atoms with Crippen LogP contribution in [0.1, 0.15) is 40.0 Å². The van der Waals surface area contributed by atoms with Gasteiger partial charge in [-0.15, -0.1) is 0 Å². The number of likely N-dealkylation sites (tertiary alicyclic amines) is 1. The molecule has 1 aliphatic heterocycles. The average molecular weight is 298 g/mol. The van der Waals surface area contributed by atoms with E-state index in [9.17, 15) is 4.79 Å². The van der Waals surface area contributed by atoms with Crippen LogP contribution in [0.25, 0.3) is 0 Å². The fraction of sp³-hybridized carbons (Fsp3) is 0.938. The minimum absolute atomic E-state index is 0.0986. The molecule has 0 radical (unpaired) electrons. The van der Waals surface area contributed by atoms with Gasteiger partial charge in [0.1, 0.15) is 0 Å². The van der Waals surface area contributed by atoms with E-state index in [0.717, 1.165) is 38.5 Å². The van der Waals surface area contributed by atoms with Crippen LogP contribution in [0.3, 0.4) is 0 Å². The first kappa shape index (κ1) is 18.4. The summed E-state index contributed by atoms with van der Waals surface area (Å²) in [5, 5.41) is 6.09. The van der Waals surface area contributed by atoms with Crippen LogP contribution in [-0.4, -0.2) is 56.6 Å². The molecule has 1 rings (SSSR count). The van der Waals surface area contributed by atoms with Gasteiger partial charge in [0.25, 0.3) is 0 Å². The van der Waals surface area contributed by atoms with Gasteiger partial charge in [0.05, 0.1) is 0 Å². The third-order valence-corrected chi connectivity index (χ3v) is 4.59. The molecule has 5 heteroatoms. The Kier molecular flexibility index (Phi) is 7.63. The van der Waals surface area contributed by atoms with E-state index in [1.54, 1.807) is 7.05 Å². The van der Waals surface area contributed by atoms with Gasteiger partial charge in [0.15, 0.2) is 0 Å². The second kappa shape index (κ2) is 8.71. The molecule has 0 aromatic rings. The molecule has 21 heavy (non-hydrogen) atoms. The van der Waals surface area contributed by atoms with Gasteiger partial charge in [0.2, 0.25) is 5.91 Å². The molecule has 0 bridgehead atoms. The highest BCUT2D eigenvalue weighted by atomic mass is 16.1. The maximum atomic E-state index is 11.2. The second-order valence-corrected chi connectivity index (χ2v) is 7.22. The van der Waals surface area contributed by atoms with Crippen molar-refractivity contribution in [1.82, 2.24) is 15.5 Å². The number of hydrogen-bond donors (Lipinski definition) is 3. The number of nitrogens with two attached hydrogens (primary N) is 1. The minimum atomic E-state index is 0.0986. The Bertz CT molecular complexity index is 314. The number of carbonyl (C=O) groups is 1. The summed E-state index contributed by atoms with van der Waals surface area (Å²) in [6.45, 7) is 11.7. The van der Waals surface area contributed by atoms with Crippen LogP contribution in [0.5, 0.6) is 0 Å².